The summed E-state index contributed by atoms with van der Waals surface area (Å²) in [6.45, 7) is 9.08. The van der Waals surface area contributed by atoms with E-state index in [0.29, 0.717) is 12.0 Å². The second-order valence-corrected chi connectivity index (χ2v) is 7.11. The van der Waals surface area contributed by atoms with Gasteiger partial charge in [-0.05, 0) is 37.3 Å². The largest absolute Gasteiger partial charge is 0.356 e. The zero-order valence-corrected chi connectivity index (χ0v) is 17.7. The van der Waals surface area contributed by atoms with Crippen LogP contribution in [-0.2, 0) is 0 Å². The predicted molar refractivity (Wildman–Crippen MR) is 112 cm³/mol. The Morgan fingerprint density at radius 3 is 2.74 bits per heavy atom. The van der Waals surface area contributed by atoms with E-state index < -0.39 is 0 Å². The van der Waals surface area contributed by atoms with E-state index in [1.54, 1.807) is 0 Å². The van der Waals surface area contributed by atoms with Crippen molar-refractivity contribution in [1.29, 1.82) is 0 Å². The van der Waals surface area contributed by atoms with Gasteiger partial charge in [0.25, 0.3) is 0 Å². The molecule has 1 aliphatic heterocycles. The minimum absolute atomic E-state index is 0. The van der Waals surface area contributed by atoms with Crippen molar-refractivity contribution in [2.45, 2.75) is 45.1 Å². The lowest BCUT2D eigenvalue weighted by Gasteiger charge is -2.33. The third-order valence-corrected chi connectivity index (χ3v) is 5.40. The number of hydrogen-bond acceptors (Lipinski definition) is 3. The summed E-state index contributed by atoms with van der Waals surface area (Å²) in [5.41, 5.74) is 0. The Morgan fingerprint density at radius 2 is 2.17 bits per heavy atom. The van der Waals surface area contributed by atoms with Crippen molar-refractivity contribution in [3.8, 4) is 0 Å². The SMILES string of the molecule is CCCN1CCC(NC(=NC)NCC(C)c2cccs2)CC1.I. The van der Waals surface area contributed by atoms with Crippen LogP contribution in [0.3, 0.4) is 0 Å². The van der Waals surface area contributed by atoms with Crippen LogP contribution >= 0.6 is 35.3 Å². The van der Waals surface area contributed by atoms with Crippen LogP contribution in [-0.4, -0.2) is 50.1 Å². The molecule has 2 N–H and O–H groups in total. The van der Waals surface area contributed by atoms with Crippen LogP contribution in [0.2, 0.25) is 0 Å². The van der Waals surface area contributed by atoms with Gasteiger partial charge in [-0.25, -0.2) is 0 Å². The van der Waals surface area contributed by atoms with E-state index in [1.807, 2.05) is 18.4 Å². The number of thiophene rings is 1. The number of guanidine groups is 1. The zero-order chi connectivity index (χ0) is 15.8. The van der Waals surface area contributed by atoms with Crippen molar-refractivity contribution in [1.82, 2.24) is 15.5 Å². The number of piperidine rings is 1. The smallest absolute Gasteiger partial charge is 0.191 e. The van der Waals surface area contributed by atoms with Crippen LogP contribution < -0.4 is 10.6 Å². The minimum atomic E-state index is 0. The van der Waals surface area contributed by atoms with Gasteiger partial charge in [-0.3, -0.25) is 4.99 Å². The van der Waals surface area contributed by atoms with Crippen LogP contribution in [0.4, 0.5) is 0 Å². The van der Waals surface area contributed by atoms with E-state index >= 15 is 0 Å². The molecule has 4 nitrogen and oxygen atoms in total. The molecule has 0 saturated carbocycles. The average Bonchev–Trinajstić information content (AvgIpc) is 3.07. The number of halogens is 1. The van der Waals surface area contributed by atoms with Gasteiger partial charge in [-0.1, -0.05) is 19.9 Å². The van der Waals surface area contributed by atoms with Gasteiger partial charge in [0.1, 0.15) is 0 Å². The quantitative estimate of drug-likeness (QED) is 0.396. The molecule has 0 aromatic carbocycles. The molecule has 0 aliphatic carbocycles. The van der Waals surface area contributed by atoms with Gasteiger partial charge in [-0.2, -0.15) is 0 Å². The first kappa shape index (κ1) is 20.7. The lowest BCUT2D eigenvalue weighted by molar-refractivity contribution is 0.206. The first-order valence-corrected chi connectivity index (χ1v) is 9.33. The number of hydrogen-bond donors (Lipinski definition) is 2. The highest BCUT2D eigenvalue weighted by molar-refractivity contribution is 14.0. The molecule has 1 fully saturated rings. The van der Waals surface area contributed by atoms with Crippen LogP contribution in [0.25, 0.3) is 0 Å². The molecular weight excluding hydrogens is 419 g/mol. The normalized spacial score (nSPS) is 18.3. The van der Waals surface area contributed by atoms with Crippen molar-refractivity contribution in [2.75, 3.05) is 33.2 Å². The maximum absolute atomic E-state index is 4.38. The molecule has 2 heterocycles. The van der Waals surface area contributed by atoms with Crippen molar-refractivity contribution >= 4 is 41.3 Å². The fourth-order valence-electron chi connectivity index (χ4n) is 2.93. The molecule has 23 heavy (non-hydrogen) atoms. The number of likely N-dealkylation sites (tertiary alicyclic amines) is 1. The molecule has 0 radical (unpaired) electrons. The molecule has 1 unspecified atom stereocenters. The molecule has 1 aliphatic rings. The van der Waals surface area contributed by atoms with Crippen LogP contribution in [0.1, 0.15) is 43.9 Å². The fourth-order valence-corrected chi connectivity index (χ4v) is 3.71. The Morgan fingerprint density at radius 1 is 1.43 bits per heavy atom. The summed E-state index contributed by atoms with van der Waals surface area (Å²) in [5.74, 6) is 1.46. The molecule has 1 saturated heterocycles. The topological polar surface area (TPSA) is 39.7 Å². The van der Waals surface area contributed by atoms with E-state index in [4.69, 9.17) is 0 Å². The molecule has 2 rings (SSSR count). The Bertz CT molecular complexity index is 441. The second-order valence-electron chi connectivity index (χ2n) is 6.13. The second kappa shape index (κ2) is 11.3. The van der Waals surface area contributed by atoms with Crippen molar-refractivity contribution < 1.29 is 0 Å². The molecule has 0 amide bonds. The summed E-state index contributed by atoms with van der Waals surface area (Å²) < 4.78 is 0. The monoisotopic (exact) mass is 450 g/mol. The lowest BCUT2D eigenvalue weighted by atomic mass is 10.1. The van der Waals surface area contributed by atoms with Gasteiger partial charge in [-0.15, -0.1) is 35.3 Å². The summed E-state index contributed by atoms with van der Waals surface area (Å²) >= 11 is 1.82. The Kier molecular flexibility index (Phi) is 10.1. The first-order chi connectivity index (χ1) is 10.7. The molecule has 1 aromatic heterocycles. The van der Waals surface area contributed by atoms with E-state index in [0.717, 1.165) is 12.5 Å². The van der Waals surface area contributed by atoms with E-state index in [2.05, 4.69) is 51.9 Å². The van der Waals surface area contributed by atoms with Gasteiger partial charge in [0.15, 0.2) is 5.96 Å². The predicted octanol–water partition coefficient (Wildman–Crippen LogP) is 3.51. The highest BCUT2D eigenvalue weighted by atomic mass is 127. The molecular formula is C17H31IN4S. The summed E-state index contributed by atoms with van der Waals surface area (Å²) in [4.78, 5) is 8.36. The van der Waals surface area contributed by atoms with Crippen molar-refractivity contribution in [2.24, 2.45) is 4.99 Å². The standard InChI is InChI=1S/C17H30N4S.HI/c1-4-9-21-10-7-15(8-11-21)20-17(18-3)19-13-14(2)16-6-5-12-22-16;/h5-6,12,14-15H,4,7-11,13H2,1-3H3,(H2,18,19,20);1H. The Hall–Kier alpha value is -0.340. The van der Waals surface area contributed by atoms with E-state index in [9.17, 15) is 0 Å². The molecule has 6 heteroatoms. The van der Waals surface area contributed by atoms with Crippen LogP contribution in [0, 0.1) is 0 Å². The molecule has 1 aromatic rings. The van der Waals surface area contributed by atoms with Crippen molar-refractivity contribution in [3.05, 3.63) is 22.4 Å². The van der Waals surface area contributed by atoms with Crippen LogP contribution in [0.5, 0.6) is 0 Å². The van der Waals surface area contributed by atoms with Gasteiger partial charge < -0.3 is 15.5 Å². The number of nitrogens with one attached hydrogen (secondary N) is 2. The van der Waals surface area contributed by atoms with E-state index in [1.165, 1.54) is 43.8 Å². The first-order valence-electron chi connectivity index (χ1n) is 8.45. The number of aliphatic imine (C=N–C) groups is 1. The van der Waals surface area contributed by atoms with Gasteiger partial charge in [0.05, 0.1) is 0 Å². The van der Waals surface area contributed by atoms with E-state index in [-0.39, 0.29) is 24.0 Å². The molecule has 0 bridgehead atoms. The number of nitrogens with zero attached hydrogens (tertiary/aromatic N) is 2. The van der Waals surface area contributed by atoms with Gasteiger partial charge >= 0.3 is 0 Å². The van der Waals surface area contributed by atoms with Gasteiger partial charge in [0, 0.05) is 43.5 Å². The molecule has 1 atom stereocenters. The van der Waals surface area contributed by atoms with Crippen LogP contribution in [0.15, 0.2) is 22.5 Å². The number of rotatable bonds is 6. The third kappa shape index (κ3) is 6.97. The summed E-state index contributed by atoms with van der Waals surface area (Å²) in [7, 11) is 1.86. The van der Waals surface area contributed by atoms with Crippen molar-refractivity contribution in [3.63, 3.8) is 0 Å². The summed E-state index contributed by atoms with van der Waals surface area (Å²) in [5, 5.41) is 9.20. The zero-order valence-electron chi connectivity index (χ0n) is 14.5. The average molecular weight is 450 g/mol. The molecule has 0 spiro atoms. The third-order valence-electron chi connectivity index (χ3n) is 4.30. The highest BCUT2D eigenvalue weighted by Crippen LogP contribution is 2.19. The Balaban J connectivity index is 0.00000264. The maximum atomic E-state index is 4.38. The lowest BCUT2D eigenvalue weighted by Crippen LogP contribution is -2.49. The van der Waals surface area contributed by atoms with Gasteiger partial charge in [0.2, 0.25) is 0 Å². The minimum Gasteiger partial charge on any atom is -0.356 e. The molecule has 132 valence electrons. The summed E-state index contributed by atoms with van der Waals surface area (Å²) in [6.07, 6.45) is 3.67. The fraction of sp³-hybridized carbons (Fsp3) is 0.706. The summed E-state index contributed by atoms with van der Waals surface area (Å²) in [6, 6.07) is 4.88. The highest BCUT2D eigenvalue weighted by Gasteiger charge is 2.19. The maximum Gasteiger partial charge on any atom is 0.191 e. The Labute approximate surface area is 162 Å².